The summed E-state index contributed by atoms with van der Waals surface area (Å²) in [5, 5.41) is 11.4. The van der Waals surface area contributed by atoms with Gasteiger partial charge in [-0.2, -0.15) is 5.10 Å². The molecule has 32 heavy (non-hydrogen) atoms. The minimum atomic E-state index is -0.383. The van der Waals surface area contributed by atoms with Gasteiger partial charge in [-0.3, -0.25) is 24.4 Å². The van der Waals surface area contributed by atoms with Gasteiger partial charge in [-0.15, -0.1) is 0 Å². The fourth-order valence-corrected chi connectivity index (χ4v) is 5.53. The number of amides is 3. The van der Waals surface area contributed by atoms with Crippen LogP contribution in [0.4, 0.5) is 0 Å². The van der Waals surface area contributed by atoms with E-state index in [-0.39, 0.29) is 23.7 Å². The van der Waals surface area contributed by atoms with Crippen molar-refractivity contribution in [3.63, 3.8) is 0 Å². The molecule has 3 fully saturated rings. The highest BCUT2D eigenvalue weighted by Gasteiger charge is 2.32. The van der Waals surface area contributed by atoms with Gasteiger partial charge in [0.25, 0.3) is 0 Å². The molecule has 5 rings (SSSR count). The number of aromatic nitrogens is 2. The summed E-state index contributed by atoms with van der Waals surface area (Å²) in [6, 6.07) is 6.41. The topological polar surface area (TPSA) is 96.3 Å². The summed E-state index contributed by atoms with van der Waals surface area (Å²) in [5.74, 6) is 0.0944. The molecule has 3 aliphatic rings. The number of benzene rings is 1. The maximum Gasteiger partial charge on any atom is 0.235 e. The zero-order valence-corrected chi connectivity index (χ0v) is 18.6. The Morgan fingerprint density at radius 1 is 1.06 bits per heavy atom. The number of nitrogens with zero attached hydrogens (tertiary/aromatic N) is 3. The Balaban J connectivity index is 1.30. The monoisotopic (exact) mass is 437 g/mol. The first-order valence-corrected chi connectivity index (χ1v) is 11.8. The molecule has 1 unspecified atom stereocenters. The fourth-order valence-electron chi connectivity index (χ4n) is 5.53. The van der Waals surface area contributed by atoms with Crippen molar-refractivity contribution >= 4 is 28.6 Å². The van der Waals surface area contributed by atoms with Gasteiger partial charge < -0.3 is 10.2 Å². The Kier molecular flexibility index (Phi) is 5.71. The van der Waals surface area contributed by atoms with Crippen molar-refractivity contribution in [1.29, 1.82) is 0 Å². The van der Waals surface area contributed by atoms with Crippen LogP contribution in [0.1, 0.15) is 61.6 Å². The maximum absolute atomic E-state index is 12.8. The molecule has 3 saturated heterocycles. The van der Waals surface area contributed by atoms with E-state index in [9.17, 15) is 14.4 Å². The molecular weight excluding hydrogens is 406 g/mol. The lowest BCUT2D eigenvalue weighted by Gasteiger charge is -2.35. The molecule has 2 aromatic rings. The second-order valence-electron chi connectivity index (χ2n) is 9.41. The summed E-state index contributed by atoms with van der Waals surface area (Å²) in [6.45, 7) is 3.52. The first-order valence-electron chi connectivity index (χ1n) is 11.8. The Morgan fingerprint density at radius 2 is 1.81 bits per heavy atom. The summed E-state index contributed by atoms with van der Waals surface area (Å²) >= 11 is 0. The lowest BCUT2D eigenvalue weighted by molar-refractivity contribution is -0.137. The van der Waals surface area contributed by atoms with E-state index in [1.807, 2.05) is 11.7 Å². The minimum absolute atomic E-state index is 0.185. The predicted octanol–water partition coefficient (Wildman–Crippen LogP) is 1.80. The predicted molar refractivity (Wildman–Crippen MR) is 120 cm³/mol. The lowest BCUT2D eigenvalue weighted by Crippen LogP contribution is -2.44. The molecule has 0 aliphatic carbocycles. The quantitative estimate of drug-likeness (QED) is 0.714. The summed E-state index contributed by atoms with van der Waals surface area (Å²) in [6.07, 6.45) is 4.69. The molecule has 8 nitrogen and oxygen atoms in total. The smallest absolute Gasteiger partial charge is 0.235 e. The average Bonchev–Trinajstić information content (AvgIpc) is 3.15. The molecular formula is C24H31N5O3. The summed E-state index contributed by atoms with van der Waals surface area (Å²) < 4.78 is 1.84. The molecule has 0 bridgehead atoms. The first-order chi connectivity index (χ1) is 15.5. The number of likely N-dealkylation sites (tertiary alicyclic amines) is 1. The van der Waals surface area contributed by atoms with Crippen molar-refractivity contribution in [3.8, 4) is 0 Å². The fraction of sp³-hybridized carbons (Fsp3) is 0.583. The Hall–Kier alpha value is -2.74. The van der Waals surface area contributed by atoms with Gasteiger partial charge in [-0.05, 0) is 62.7 Å². The van der Waals surface area contributed by atoms with Gasteiger partial charge in [0.15, 0.2) is 0 Å². The van der Waals surface area contributed by atoms with Gasteiger partial charge in [0.2, 0.25) is 17.7 Å². The van der Waals surface area contributed by atoms with Crippen LogP contribution in [-0.2, 0) is 21.4 Å². The largest absolute Gasteiger partial charge is 0.342 e. The summed E-state index contributed by atoms with van der Waals surface area (Å²) in [7, 11) is 1.90. The third-order valence-electron chi connectivity index (χ3n) is 7.44. The summed E-state index contributed by atoms with van der Waals surface area (Å²) in [5.41, 5.74) is 3.03. The van der Waals surface area contributed by atoms with Crippen LogP contribution >= 0.6 is 0 Å². The van der Waals surface area contributed by atoms with Crippen LogP contribution in [0.25, 0.3) is 10.9 Å². The standard InChI is InChI=1S/C24H31N5O3/c1-28-20-14-17(2-3-18(20)22(27-28)19-4-5-21(30)26-23(19)31)15-8-12-29(13-9-15)24(32)16-6-10-25-11-7-16/h2-3,14-16,19,25H,4-13H2,1H3,(H,26,30,31). The van der Waals surface area contributed by atoms with Gasteiger partial charge in [-0.25, -0.2) is 0 Å². The van der Waals surface area contributed by atoms with Crippen molar-refractivity contribution in [2.45, 2.75) is 50.4 Å². The molecule has 0 radical (unpaired) electrons. The zero-order chi connectivity index (χ0) is 22.2. The van der Waals surface area contributed by atoms with E-state index in [1.165, 1.54) is 5.56 Å². The van der Waals surface area contributed by atoms with E-state index in [4.69, 9.17) is 0 Å². The third kappa shape index (κ3) is 3.92. The van der Waals surface area contributed by atoms with Crippen molar-refractivity contribution in [2.24, 2.45) is 13.0 Å². The Labute approximate surface area is 187 Å². The number of hydrogen-bond acceptors (Lipinski definition) is 5. The minimum Gasteiger partial charge on any atom is -0.342 e. The lowest BCUT2D eigenvalue weighted by atomic mass is 9.87. The Morgan fingerprint density at radius 3 is 2.53 bits per heavy atom. The molecule has 8 heteroatoms. The average molecular weight is 438 g/mol. The van der Waals surface area contributed by atoms with E-state index >= 15 is 0 Å². The normalized spacial score (nSPS) is 23.5. The molecule has 3 aliphatic heterocycles. The molecule has 2 N–H and O–H groups in total. The highest BCUT2D eigenvalue weighted by Crippen LogP contribution is 2.34. The highest BCUT2D eigenvalue weighted by atomic mass is 16.2. The maximum atomic E-state index is 12.8. The Bertz CT molecular complexity index is 1050. The van der Waals surface area contributed by atoms with Gasteiger partial charge in [0.1, 0.15) is 0 Å². The highest BCUT2D eigenvalue weighted by molar-refractivity contribution is 6.02. The zero-order valence-electron chi connectivity index (χ0n) is 18.6. The van der Waals surface area contributed by atoms with Crippen molar-refractivity contribution in [3.05, 3.63) is 29.5 Å². The van der Waals surface area contributed by atoms with E-state index < -0.39 is 0 Å². The molecule has 170 valence electrons. The molecule has 1 aromatic heterocycles. The first kappa shape index (κ1) is 21.1. The van der Waals surface area contributed by atoms with Gasteiger partial charge in [0.05, 0.1) is 17.1 Å². The number of fused-ring (bicyclic) bond motifs is 1. The van der Waals surface area contributed by atoms with Crippen LogP contribution in [0.3, 0.4) is 0 Å². The van der Waals surface area contributed by atoms with Crippen LogP contribution in [-0.4, -0.2) is 58.6 Å². The van der Waals surface area contributed by atoms with E-state index in [1.54, 1.807) is 0 Å². The van der Waals surface area contributed by atoms with E-state index in [2.05, 4.69) is 38.8 Å². The van der Waals surface area contributed by atoms with Crippen molar-refractivity contribution < 1.29 is 14.4 Å². The number of nitrogens with one attached hydrogen (secondary N) is 2. The number of rotatable bonds is 3. The molecule has 1 atom stereocenters. The number of piperidine rings is 3. The van der Waals surface area contributed by atoms with Crippen LogP contribution < -0.4 is 10.6 Å². The molecule has 3 amide bonds. The second kappa shape index (κ2) is 8.65. The number of hydrogen-bond donors (Lipinski definition) is 2. The van der Waals surface area contributed by atoms with Gasteiger partial charge >= 0.3 is 0 Å². The van der Waals surface area contributed by atoms with Crippen molar-refractivity contribution in [1.82, 2.24) is 25.3 Å². The van der Waals surface area contributed by atoms with E-state index in [0.29, 0.717) is 24.7 Å². The molecule has 4 heterocycles. The summed E-state index contributed by atoms with van der Waals surface area (Å²) in [4.78, 5) is 38.8. The van der Waals surface area contributed by atoms with Crippen LogP contribution in [0.5, 0.6) is 0 Å². The number of aryl methyl sites for hydroxylation is 1. The van der Waals surface area contributed by atoms with Crippen molar-refractivity contribution in [2.75, 3.05) is 26.2 Å². The van der Waals surface area contributed by atoms with Crippen LogP contribution in [0.15, 0.2) is 18.2 Å². The number of carbonyl (C=O) groups is 3. The van der Waals surface area contributed by atoms with Gasteiger partial charge in [0, 0.05) is 37.9 Å². The molecule has 0 saturated carbocycles. The van der Waals surface area contributed by atoms with Crippen LogP contribution in [0.2, 0.25) is 0 Å². The molecule has 0 spiro atoms. The second-order valence-corrected chi connectivity index (χ2v) is 9.41. The number of imide groups is 1. The SMILES string of the molecule is Cn1nc(C2CCC(=O)NC2=O)c2ccc(C3CCN(C(=O)C4CCNCC4)CC3)cc21. The molecule has 1 aromatic carbocycles. The van der Waals surface area contributed by atoms with E-state index in [0.717, 1.165) is 68.5 Å². The number of carbonyl (C=O) groups excluding carboxylic acids is 3. The third-order valence-corrected chi connectivity index (χ3v) is 7.44. The van der Waals surface area contributed by atoms with Crippen LogP contribution in [0, 0.1) is 5.92 Å². The van der Waals surface area contributed by atoms with Gasteiger partial charge in [-0.1, -0.05) is 12.1 Å².